The molecule has 0 bridgehead atoms. The number of halogens is 5. The number of benzene rings is 3. The van der Waals surface area contributed by atoms with Crippen LogP contribution in [-0.2, 0) is 21.0 Å². The van der Waals surface area contributed by atoms with Gasteiger partial charge >= 0.3 is 6.18 Å². The Morgan fingerprint density at radius 2 is 1.67 bits per heavy atom. The van der Waals surface area contributed by atoms with Gasteiger partial charge in [-0.3, -0.25) is 9.52 Å². The number of carbonyl (C=O) groups is 1. The summed E-state index contributed by atoms with van der Waals surface area (Å²) in [6.07, 6.45) is -4.62. The highest BCUT2D eigenvalue weighted by Gasteiger charge is 2.30. The monoisotopic (exact) mass is 518 g/mol. The number of carbonyl (C=O) groups excluding carboxylic acids is 1. The lowest BCUT2D eigenvalue weighted by Gasteiger charge is -2.13. The number of alkyl halides is 3. The molecule has 0 atom stereocenters. The van der Waals surface area contributed by atoms with Gasteiger partial charge in [-0.25, -0.2) is 8.42 Å². The summed E-state index contributed by atoms with van der Waals surface area (Å²) in [5.74, 6) is -0.494. The van der Waals surface area contributed by atoms with Crippen LogP contribution in [0, 0.1) is 0 Å². The summed E-state index contributed by atoms with van der Waals surface area (Å²) in [5, 5.41) is 2.77. The third-order valence-corrected chi connectivity index (χ3v) is 6.17. The zero-order valence-corrected chi connectivity index (χ0v) is 18.8. The Morgan fingerprint density at radius 3 is 2.33 bits per heavy atom. The molecule has 6 nitrogen and oxygen atoms in total. The molecule has 0 saturated heterocycles. The third-order valence-electron chi connectivity index (χ3n) is 4.16. The number of nitrogens with one attached hydrogen (secondary N) is 2. The Balaban J connectivity index is 1.68. The van der Waals surface area contributed by atoms with Gasteiger partial charge in [-0.05, 0) is 48.5 Å². The summed E-state index contributed by atoms with van der Waals surface area (Å²) in [4.78, 5) is 11.7. The largest absolute Gasteiger partial charge is 0.482 e. The van der Waals surface area contributed by atoms with Gasteiger partial charge in [0, 0.05) is 5.69 Å². The Labute approximate surface area is 197 Å². The van der Waals surface area contributed by atoms with Crippen molar-refractivity contribution in [1.82, 2.24) is 0 Å². The van der Waals surface area contributed by atoms with Crippen LogP contribution in [-0.4, -0.2) is 20.9 Å². The second kappa shape index (κ2) is 9.90. The molecule has 2 N–H and O–H groups in total. The number of rotatable bonds is 7. The maximum absolute atomic E-state index is 12.8. The van der Waals surface area contributed by atoms with Crippen molar-refractivity contribution in [2.75, 3.05) is 16.6 Å². The van der Waals surface area contributed by atoms with E-state index in [0.717, 1.165) is 24.3 Å². The summed E-state index contributed by atoms with van der Waals surface area (Å²) < 4.78 is 71.1. The number of anilines is 2. The Hall–Kier alpha value is -2.95. The topological polar surface area (TPSA) is 84.5 Å². The van der Waals surface area contributed by atoms with E-state index < -0.39 is 34.3 Å². The minimum atomic E-state index is -4.62. The molecule has 174 valence electrons. The van der Waals surface area contributed by atoms with Crippen LogP contribution in [0.1, 0.15) is 5.56 Å². The fraction of sp³-hybridized carbons (Fsp3) is 0.0952. The number of amides is 1. The molecule has 0 unspecified atom stereocenters. The molecular formula is C21H15Cl2F3N2O4S. The van der Waals surface area contributed by atoms with Crippen LogP contribution in [0.15, 0.2) is 71.6 Å². The molecule has 0 fully saturated rings. The van der Waals surface area contributed by atoms with Crippen molar-refractivity contribution in [2.45, 2.75) is 11.1 Å². The molecule has 0 aliphatic heterocycles. The van der Waals surface area contributed by atoms with Gasteiger partial charge in [-0.1, -0.05) is 41.4 Å². The van der Waals surface area contributed by atoms with Gasteiger partial charge in [-0.15, -0.1) is 0 Å². The smallest absolute Gasteiger partial charge is 0.416 e. The molecule has 33 heavy (non-hydrogen) atoms. The SMILES string of the molecule is O=C(COc1ccc(S(=O)(=O)Nc2cccc(C(F)(F)F)c2)cc1Cl)Nc1ccccc1Cl. The van der Waals surface area contributed by atoms with E-state index in [4.69, 9.17) is 27.9 Å². The maximum atomic E-state index is 12.8. The summed E-state index contributed by atoms with van der Waals surface area (Å²) in [6, 6.07) is 13.8. The first kappa shape index (κ1) is 24.7. The number of hydrogen-bond donors (Lipinski definition) is 2. The molecule has 0 aliphatic carbocycles. The molecular weight excluding hydrogens is 504 g/mol. The van der Waals surface area contributed by atoms with Crippen molar-refractivity contribution in [3.8, 4) is 5.75 Å². The van der Waals surface area contributed by atoms with Gasteiger partial charge in [0.25, 0.3) is 15.9 Å². The highest BCUT2D eigenvalue weighted by Crippen LogP contribution is 2.32. The molecule has 0 radical (unpaired) electrons. The van der Waals surface area contributed by atoms with E-state index in [1.807, 2.05) is 0 Å². The Kier molecular flexibility index (Phi) is 7.41. The van der Waals surface area contributed by atoms with Crippen LogP contribution >= 0.6 is 23.2 Å². The highest BCUT2D eigenvalue weighted by atomic mass is 35.5. The molecule has 0 saturated carbocycles. The van der Waals surface area contributed by atoms with E-state index in [0.29, 0.717) is 16.8 Å². The predicted octanol–water partition coefficient (Wildman–Crippen LogP) is 5.83. The molecule has 0 heterocycles. The summed E-state index contributed by atoms with van der Waals surface area (Å²) >= 11 is 12.0. The van der Waals surface area contributed by atoms with E-state index in [9.17, 15) is 26.4 Å². The summed E-state index contributed by atoms with van der Waals surface area (Å²) in [7, 11) is -4.24. The van der Waals surface area contributed by atoms with Crippen molar-refractivity contribution in [3.05, 3.63) is 82.3 Å². The van der Waals surface area contributed by atoms with Crippen LogP contribution < -0.4 is 14.8 Å². The van der Waals surface area contributed by atoms with Gasteiger partial charge < -0.3 is 10.1 Å². The first-order chi connectivity index (χ1) is 15.5. The van der Waals surface area contributed by atoms with E-state index in [1.54, 1.807) is 24.3 Å². The summed E-state index contributed by atoms with van der Waals surface area (Å²) in [5.41, 5.74) is -0.877. The molecule has 3 rings (SSSR count). The van der Waals surface area contributed by atoms with Crippen molar-refractivity contribution in [3.63, 3.8) is 0 Å². The number of para-hydroxylation sites is 1. The van der Waals surface area contributed by atoms with Crippen molar-refractivity contribution < 1.29 is 31.1 Å². The zero-order valence-electron chi connectivity index (χ0n) is 16.5. The molecule has 1 amide bonds. The van der Waals surface area contributed by atoms with Gasteiger partial charge in [0.15, 0.2) is 6.61 Å². The molecule has 0 aliphatic rings. The van der Waals surface area contributed by atoms with E-state index in [1.165, 1.54) is 12.1 Å². The molecule has 3 aromatic carbocycles. The highest BCUT2D eigenvalue weighted by molar-refractivity contribution is 7.92. The van der Waals surface area contributed by atoms with E-state index in [-0.39, 0.29) is 21.4 Å². The lowest BCUT2D eigenvalue weighted by Crippen LogP contribution is -2.20. The number of ether oxygens (including phenoxy) is 1. The first-order valence-corrected chi connectivity index (χ1v) is 11.4. The number of hydrogen-bond acceptors (Lipinski definition) is 4. The normalized spacial score (nSPS) is 11.7. The minimum absolute atomic E-state index is 0.0315. The van der Waals surface area contributed by atoms with Crippen LogP contribution in [0.25, 0.3) is 0 Å². The van der Waals surface area contributed by atoms with Crippen LogP contribution in [0.3, 0.4) is 0 Å². The van der Waals surface area contributed by atoms with Gasteiger partial charge in [0.05, 0.1) is 26.2 Å². The van der Waals surface area contributed by atoms with Gasteiger partial charge in [0.1, 0.15) is 5.75 Å². The molecule has 0 spiro atoms. The van der Waals surface area contributed by atoms with Gasteiger partial charge in [-0.2, -0.15) is 13.2 Å². The predicted molar refractivity (Wildman–Crippen MR) is 119 cm³/mol. The van der Waals surface area contributed by atoms with Crippen LogP contribution in [0.4, 0.5) is 24.5 Å². The lowest BCUT2D eigenvalue weighted by molar-refractivity contribution is -0.137. The minimum Gasteiger partial charge on any atom is -0.482 e. The average molecular weight is 519 g/mol. The molecule has 12 heteroatoms. The first-order valence-electron chi connectivity index (χ1n) is 9.12. The van der Waals surface area contributed by atoms with E-state index >= 15 is 0 Å². The maximum Gasteiger partial charge on any atom is 0.416 e. The molecule has 0 aromatic heterocycles. The van der Waals surface area contributed by atoms with Crippen molar-refractivity contribution in [2.24, 2.45) is 0 Å². The van der Waals surface area contributed by atoms with Crippen molar-refractivity contribution in [1.29, 1.82) is 0 Å². The third kappa shape index (κ3) is 6.53. The fourth-order valence-electron chi connectivity index (χ4n) is 2.63. The van der Waals surface area contributed by atoms with Crippen LogP contribution in [0.5, 0.6) is 5.75 Å². The standard InChI is InChI=1S/C21H15Cl2F3N2O4S/c22-16-6-1-2-7-18(16)27-20(29)12-32-19-9-8-15(11-17(19)23)33(30,31)28-14-5-3-4-13(10-14)21(24,25)26/h1-11,28H,12H2,(H,27,29). The number of sulfonamides is 1. The van der Waals surface area contributed by atoms with E-state index in [2.05, 4.69) is 10.0 Å². The fourth-order valence-corrected chi connectivity index (χ4v) is 4.19. The quantitative estimate of drug-likeness (QED) is 0.412. The second-order valence-corrected chi connectivity index (χ2v) is 9.09. The Bertz CT molecular complexity index is 1280. The zero-order chi connectivity index (χ0) is 24.2. The van der Waals surface area contributed by atoms with Crippen LogP contribution in [0.2, 0.25) is 10.0 Å². The van der Waals surface area contributed by atoms with Crippen molar-refractivity contribution >= 4 is 50.5 Å². The summed E-state index contributed by atoms with van der Waals surface area (Å²) in [6.45, 7) is -0.431. The lowest BCUT2D eigenvalue weighted by atomic mass is 10.2. The van der Waals surface area contributed by atoms with Gasteiger partial charge in [0.2, 0.25) is 0 Å². The second-order valence-electron chi connectivity index (χ2n) is 6.59. The Morgan fingerprint density at radius 1 is 0.939 bits per heavy atom. The molecule has 3 aromatic rings. The average Bonchev–Trinajstić information content (AvgIpc) is 2.74.